The van der Waals surface area contributed by atoms with Crippen LogP contribution in [0.15, 0.2) is 24.3 Å². The minimum Gasteiger partial charge on any atom is -0.316 e. The molecule has 0 aliphatic heterocycles. The van der Waals surface area contributed by atoms with Gasteiger partial charge in [0.2, 0.25) is 0 Å². The standard InChI is InChI=1S/C17H27N/c1-4-11-18-13-17(3,16-9-10-16)12-15-7-5-14(2)6-8-15/h5-8,16,18H,4,9-13H2,1-3H3. The van der Waals surface area contributed by atoms with Gasteiger partial charge in [-0.1, -0.05) is 43.7 Å². The maximum Gasteiger partial charge on any atom is 0.00110 e. The van der Waals surface area contributed by atoms with Crippen molar-refractivity contribution in [2.75, 3.05) is 13.1 Å². The molecular weight excluding hydrogens is 218 g/mol. The lowest BCUT2D eigenvalue weighted by atomic mass is 9.78. The van der Waals surface area contributed by atoms with E-state index in [1.807, 2.05) is 0 Å². The fourth-order valence-corrected chi connectivity index (χ4v) is 2.85. The highest BCUT2D eigenvalue weighted by Crippen LogP contribution is 2.47. The second kappa shape index (κ2) is 5.88. The minimum absolute atomic E-state index is 0.449. The molecule has 1 aliphatic carbocycles. The van der Waals surface area contributed by atoms with Crippen LogP contribution in [0.4, 0.5) is 0 Å². The van der Waals surface area contributed by atoms with Crippen LogP contribution in [-0.2, 0) is 6.42 Å². The van der Waals surface area contributed by atoms with Crippen LogP contribution in [0.1, 0.15) is 44.2 Å². The number of hydrogen-bond donors (Lipinski definition) is 1. The monoisotopic (exact) mass is 245 g/mol. The zero-order valence-corrected chi connectivity index (χ0v) is 12.1. The summed E-state index contributed by atoms with van der Waals surface area (Å²) in [6, 6.07) is 9.08. The molecule has 0 spiro atoms. The molecule has 1 saturated carbocycles. The molecule has 1 fully saturated rings. The van der Waals surface area contributed by atoms with Crippen molar-refractivity contribution in [2.24, 2.45) is 11.3 Å². The van der Waals surface area contributed by atoms with Crippen molar-refractivity contribution in [3.05, 3.63) is 35.4 Å². The van der Waals surface area contributed by atoms with Gasteiger partial charge in [0.25, 0.3) is 0 Å². The summed E-state index contributed by atoms with van der Waals surface area (Å²) in [5, 5.41) is 3.63. The molecule has 0 heterocycles. The lowest BCUT2D eigenvalue weighted by Gasteiger charge is -2.30. The average molecular weight is 245 g/mol. The predicted octanol–water partition coefficient (Wildman–Crippen LogP) is 3.95. The lowest BCUT2D eigenvalue weighted by Crippen LogP contribution is -2.36. The molecule has 1 atom stereocenters. The van der Waals surface area contributed by atoms with Gasteiger partial charge in [-0.3, -0.25) is 0 Å². The number of nitrogens with one attached hydrogen (secondary N) is 1. The first-order valence-corrected chi connectivity index (χ1v) is 7.40. The van der Waals surface area contributed by atoms with Gasteiger partial charge in [-0.25, -0.2) is 0 Å². The van der Waals surface area contributed by atoms with Crippen molar-refractivity contribution in [1.82, 2.24) is 5.32 Å². The van der Waals surface area contributed by atoms with Crippen LogP contribution >= 0.6 is 0 Å². The molecule has 1 N–H and O–H groups in total. The SMILES string of the molecule is CCCNCC(C)(Cc1ccc(C)cc1)C1CC1. The Bertz CT molecular complexity index is 364. The zero-order chi connectivity index (χ0) is 13.0. The van der Waals surface area contributed by atoms with Gasteiger partial charge in [0, 0.05) is 6.54 Å². The Balaban J connectivity index is 1.98. The van der Waals surface area contributed by atoms with Gasteiger partial charge in [-0.05, 0) is 56.0 Å². The van der Waals surface area contributed by atoms with Crippen LogP contribution in [0.5, 0.6) is 0 Å². The Hall–Kier alpha value is -0.820. The molecule has 0 aromatic heterocycles. The van der Waals surface area contributed by atoms with E-state index in [2.05, 4.69) is 50.4 Å². The molecule has 2 rings (SSSR count). The fourth-order valence-electron chi connectivity index (χ4n) is 2.85. The van der Waals surface area contributed by atoms with E-state index in [0.29, 0.717) is 5.41 Å². The summed E-state index contributed by atoms with van der Waals surface area (Å²) in [7, 11) is 0. The van der Waals surface area contributed by atoms with Crippen LogP contribution in [0.3, 0.4) is 0 Å². The number of aryl methyl sites for hydroxylation is 1. The first-order chi connectivity index (χ1) is 8.64. The zero-order valence-electron chi connectivity index (χ0n) is 12.1. The first kappa shape index (κ1) is 13.6. The Morgan fingerprint density at radius 3 is 2.44 bits per heavy atom. The molecule has 0 radical (unpaired) electrons. The molecule has 1 nitrogen and oxygen atoms in total. The number of hydrogen-bond acceptors (Lipinski definition) is 1. The molecule has 0 saturated heterocycles. The van der Waals surface area contributed by atoms with E-state index in [9.17, 15) is 0 Å². The summed E-state index contributed by atoms with van der Waals surface area (Å²) in [5.74, 6) is 0.933. The highest BCUT2D eigenvalue weighted by atomic mass is 14.9. The normalized spacial score (nSPS) is 18.6. The Morgan fingerprint density at radius 2 is 1.89 bits per heavy atom. The van der Waals surface area contributed by atoms with E-state index in [4.69, 9.17) is 0 Å². The van der Waals surface area contributed by atoms with Gasteiger partial charge in [0.1, 0.15) is 0 Å². The molecule has 1 aromatic carbocycles. The summed E-state index contributed by atoms with van der Waals surface area (Å²) >= 11 is 0. The second-order valence-electron chi connectivity index (χ2n) is 6.27. The van der Waals surface area contributed by atoms with E-state index in [1.165, 1.54) is 43.4 Å². The summed E-state index contributed by atoms with van der Waals surface area (Å²) in [5.41, 5.74) is 3.30. The summed E-state index contributed by atoms with van der Waals surface area (Å²) in [6.07, 6.45) is 5.30. The smallest absolute Gasteiger partial charge is 0.00110 e. The summed E-state index contributed by atoms with van der Waals surface area (Å²) < 4.78 is 0. The molecule has 0 bridgehead atoms. The molecular formula is C17H27N. The summed E-state index contributed by atoms with van der Waals surface area (Å²) in [6.45, 7) is 9.18. The quantitative estimate of drug-likeness (QED) is 0.717. The fraction of sp³-hybridized carbons (Fsp3) is 0.647. The second-order valence-corrected chi connectivity index (χ2v) is 6.27. The Morgan fingerprint density at radius 1 is 1.22 bits per heavy atom. The Kier molecular flexibility index (Phi) is 4.45. The van der Waals surface area contributed by atoms with E-state index < -0.39 is 0 Å². The van der Waals surface area contributed by atoms with E-state index in [-0.39, 0.29) is 0 Å². The van der Waals surface area contributed by atoms with E-state index in [1.54, 1.807) is 0 Å². The highest BCUT2D eigenvalue weighted by Gasteiger charge is 2.40. The molecule has 1 heteroatoms. The van der Waals surface area contributed by atoms with Gasteiger partial charge in [0.15, 0.2) is 0 Å². The average Bonchev–Trinajstić information content (AvgIpc) is 3.17. The van der Waals surface area contributed by atoms with Gasteiger partial charge >= 0.3 is 0 Å². The molecule has 0 amide bonds. The van der Waals surface area contributed by atoms with Crippen molar-refractivity contribution in [2.45, 2.75) is 46.5 Å². The van der Waals surface area contributed by atoms with Crippen molar-refractivity contribution in [1.29, 1.82) is 0 Å². The van der Waals surface area contributed by atoms with E-state index >= 15 is 0 Å². The van der Waals surface area contributed by atoms with Gasteiger partial charge in [0.05, 0.1) is 0 Å². The molecule has 1 aromatic rings. The highest BCUT2D eigenvalue weighted by molar-refractivity contribution is 5.23. The molecule has 1 unspecified atom stereocenters. The largest absolute Gasteiger partial charge is 0.316 e. The van der Waals surface area contributed by atoms with Crippen molar-refractivity contribution in [3.8, 4) is 0 Å². The molecule has 18 heavy (non-hydrogen) atoms. The van der Waals surface area contributed by atoms with Crippen LogP contribution in [0.2, 0.25) is 0 Å². The Labute approximate surface area is 112 Å². The van der Waals surface area contributed by atoms with E-state index in [0.717, 1.165) is 12.5 Å². The molecule has 1 aliphatic rings. The van der Waals surface area contributed by atoms with Gasteiger partial charge in [-0.15, -0.1) is 0 Å². The lowest BCUT2D eigenvalue weighted by molar-refractivity contribution is 0.256. The van der Waals surface area contributed by atoms with Crippen LogP contribution in [-0.4, -0.2) is 13.1 Å². The maximum absolute atomic E-state index is 3.63. The van der Waals surface area contributed by atoms with Crippen LogP contribution in [0, 0.1) is 18.3 Å². The van der Waals surface area contributed by atoms with Crippen molar-refractivity contribution >= 4 is 0 Å². The topological polar surface area (TPSA) is 12.0 Å². The minimum atomic E-state index is 0.449. The first-order valence-electron chi connectivity index (χ1n) is 7.40. The van der Waals surface area contributed by atoms with Gasteiger partial charge in [-0.2, -0.15) is 0 Å². The third-order valence-corrected chi connectivity index (χ3v) is 4.25. The van der Waals surface area contributed by atoms with Gasteiger partial charge < -0.3 is 5.32 Å². The van der Waals surface area contributed by atoms with Crippen LogP contribution < -0.4 is 5.32 Å². The number of rotatable bonds is 7. The third kappa shape index (κ3) is 3.58. The number of benzene rings is 1. The summed E-state index contributed by atoms with van der Waals surface area (Å²) in [4.78, 5) is 0. The maximum atomic E-state index is 3.63. The van der Waals surface area contributed by atoms with Crippen LogP contribution in [0.25, 0.3) is 0 Å². The third-order valence-electron chi connectivity index (χ3n) is 4.25. The van der Waals surface area contributed by atoms with Crippen molar-refractivity contribution < 1.29 is 0 Å². The predicted molar refractivity (Wildman–Crippen MR) is 78.9 cm³/mol. The van der Waals surface area contributed by atoms with Crippen molar-refractivity contribution in [3.63, 3.8) is 0 Å². The molecule has 100 valence electrons.